The fourth-order valence-corrected chi connectivity index (χ4v) is 3.37. The number of halogens is 1. The Bertz CT molecular complexity index is 358. The van der Waals surface area contributed by atoms with Crippen molar-refractivity contribution in [3.05, 3.63) is 16.4 Å². The van der Waals surface area contributed by atoms with Gasteiger partial charge in [-0.25, -0.2) is 0 Å². The molecule has 1 heterocycles. The molecule has 1 aromatic rings. The van der Waals surface area contributed by atoms with Crippen LogP contribution in [0.3, 0.4) is 0 Å². The smallest absolute Gasteiger partial charge is 0.0970 e. The molecule has 3 nitrogen and oxygen atoms in total. The van der Waals surface area contributed by atoms with Crippen LogP contribution in [0.4, 0.5) is 0 Å². The van der Waals surface area contributed by atoms with Crippen LogP contribution in [0.15, 0.2) is 10.7 Å². The van der Waals surface area contributed by atoms with Crippen molar-refractivity contribution >= 4 is 15.9 Å². The van der Waals surface area contributed by atoms with Crippen molar-refractivity contribution in [2.24, 2.45) is 5.92 Å². The molecule has 0 aromatic carbocycles. The lowest BCUT2D eigenvalue weighted by Crippen LogP contribution is -2.14. The summed E-state index contributed by atoms with van der Waals surface area (Å²) >= 11 is 3.48. The van der Waals surface area contributed by atoms with Crippen LogP contribution >= 0.6 is 15.9 Å². The molecular formula is C13H21BrN2O. The Labute approximate surface area is 111 Å². The van der Waals surface area contributed by atoms with E-state index >= 15 is 0 Å². The van der Waals surface area contributed by atoms with Gasteiger partial charge in [-0.1, -0.05) is 32.1 Å². The maximum Gasteiger partial charge on any atom is 0.0970 e. The molecule has 17 heavy (non-hydrogen) atoms. The molecule has 1 unspecified atom stereocenters. The summed E-state index contributed by atoms with van der Waals surface area (Å²) in [4.78, 5) is 0. The highest BCUT2D eigenvalue weighted by Gasteiger charge is 2.22. The lowest BCUT2D eigenvalue weighted by Gasteiger charge is -2.24. The number of rotatable bonds is 4. The predicted molar refractivity (Wildman–Crippen MR) is 71.8 cm³/mol. The van der Waals surface area contributed by atoms with E-state index < -0.39 is 0 Å². The van der Waals surface area contributed by atoms with Crippen molar-refractivity contribution in [1.29, 1.82) is 0 Å². The van der Waals surface area contributed by atoms with Crippen LogP contribution in [-0.4, -0.2) is 14.9 Å². The molecule has 1 N–H and O–H groups in total. The summed E-state index contributed by atoms with van der Waals surface area (Å²) in [5, 5.41) is 14.6. The highest BCUT2D eigenvalue weighted by molar-refractivity contribution is 9.10. The number of aliphatic hydroxyl groups is 1. The van der Waals surface area contributed by atoms with E-state index in [2.05, 4.69) is 28.0 Å². The zero-order valence-corrected chi connectivity index (χ0v) is 12.0. The third-order valence-corrected chi connectivity index (χ3v) is 4.34. The average molecular weight is 301 g/mol. The minimum atomic E-state index is -0.380. The normalized spacial score (nSPS) is 19.5. The molecule has 1 fully saturated rings. The Balaban J connectivity index is 2.02. The van der Waals surface area contributed by atoms with Crippen LogP contribution in [0.5, 0.6) is 0 Å². The summed E-state index contributed by atoms with van der Waals surface area (Å²) in [6, 6.07) is 0. The van der Waals surface area contributed by atoms with Crippen LogP contribution in [0, 0.1) is 5.92 Å². The predicted octanol–water partition coefficient (Wildman–Crippen LogP) is 3.67. The van der Waals surface area contributed by atoms with E-state index in [1.807, 2.05) is 4.68 Å². The van der Waals surface area contributed by atoms with Gasteiger partial charge in [0.05, 0.1) is 22.5 Å². The lowest BCUT2D eigenvalue weighted by molar-refractivity contribution is 0.122. The van der Waals surface area contributed by atoms with Crippen molar-refractivity contribution in [2.75, 3.05) is 0 Å². The van der Waals surface area contributed by atoms with Crippen molar-refractivity contribution < 1.29 is 5.11 Å². The highest BCUT2D eigenvalue weighted by atomic mass is 79.9. The maximum absolute atomic E-state index is 10.4. The van der Waals surface area contributed by atoms with E-state index in [0.717, 1.165) is 23.1 Å². The molecule has 1 aliphatic rings. The number of aryl methyl sites for hydroxylation is 1. The number of aliphatic hydroxyl groups excluding tert-OH is 1. The molecule has 2 rings (SSSR count). The summed E-state index contributed by atoms with van der Waals surface area (Å²) in [7, 11) is 0. The third kappa shape index (κ3) is 3.10. The molecule has 0 amide bonds. The van der Waals surface area contributed by atoms with Gasteiger partial charge in [-0.15, -0.1) is 0 Å². The van der Waals surface area contributed by atoms with Crippen molar-refractivity contribution in [1.82, 2.24) is 9.78 Å². The lowest BCUT2D eigenvalue weighted by atomic mass is 9.85. The SMILES string of the molecule is CCn1ncc(Br)c1C(O)CC1CCCCC1. The molecule has 0 radical (unpaired) electrons. The van der Waals surface area contributed by atoms with E-state index in [9.17, 15) is 5.11 Å². The fraction of sp³-hybridized carbons (Fsp3) is 0.769. The summed E-state index contributed by atoms with van der Waals surface area (Å²) in [6.45, 7) is 2.86. The van der Waals surface area contributed by atoms with Crippen LogP contribution in [0.2, 0.25) is 0 Å². The standard InChI is InChI=1S/C13H21BrN2O/c1-2-16-13(11(14)9-15-16)12(17)8-10-6-4-3-5-7-10/h9-10,12,17H,2-8H2,1H3. The van der Waals surface area contributed by atoms with Gasteiger partial charge in [0.1, 0.15) is 0 Å². The molecule has 0 saturated heterocycles. The summed E-state index contributed by atoms with van der Waals surface area (Å²) in [5.41, 5.74) is 0.943. The van der Waals surface area contributed by atoms with Crippen LogP contribution in [0.1, 0.15) is 57.2 Å². The van der Waals surface area contributed by atoms with Gasteiger partial charge in [0.15, 0.2) is 0 Å². The largest absolute Gasteiger partial charge is 0.387 e. The molecular weight excluding hydrogens is 280 g/mol. The number of nitrogens with zero attached hydrogens (tertiary/aromatic N) is 2. The Morgan fingerprint density at radius 1 is 1.47 bits per heavy atom. The topological polar surface area (TPSA) is 38.0 Å². The molecule has 1 saturated carbocycles. The van der Waals surface area contributed by atoms with Gasteiger partial charge in [-0.2, -0.15) is 5.10 Å². The summed E-state index contributed by atoms with van der Waals surface area (Å²) in [6.07, 6.45) is 8.84. The molecule has 4 heteroatoms. The van der Waals surface area contributed by atoms with Crippen LogP contribution < -0.4 is 0 Å². The number of hydrogen-bond acceptors (Lipinski definition) is 2. The van der Waals surface area contributed by atoms with E-state index in [0.29, 0.717) is 5.92 Å². The molecule has 0 bridgehead atoms. The Morgan fingerprint density at radius 2 is 2.18 bits per heavy atom. The van der Waals surface area contributed by atoms with Crippen molar-refractivity contribution in [3.63, 3.8) is 0 Å². The molecule has 1 aliphatic carbocycles. The van der Waals surface area contributed by atoms with Gasteiger partial charge in [0.25, 0.3) is 0 Å². The minimum absolute atomic E-state index is 0.380. The first-order valence-corrected chi connectivity index (χ1v) is 7.41. The highest BCUT2D eigenvalue weighted by Crippen LogP contribution is 2.34. The second kappa shape index (κ2) is 6.01. The Kier molecular flexibility index (Phi) is 4.62. The van der Waals surface area contributed by atoms with Crippen molar-refractivity contribution in [3.8, 4) is 0 Å². The average Bonchev–Trinajstić information content (AvgIpc) is 2.71. The first-order valence-electron chi connectivity index (χ1n) is 6.61. The zero-order valence-electron chi connectivity index (χ0n) is 10.4. The number of hydrogen-bond donors (Lipinski definition) is 1. The molecule has 0 spiro atoms. The molecule has 1 atom stereocenters. The second-order valence-electron chi connectivity index (χ2n) is 4.95. The molecule has 96 valence electrons. The van der Waals surface area contributed by atoms with Gasteiger partial charge in [0, 0.05) is 6.54 Å². The first kappa shape index (κ1) is 13.1. The monoisotopic (exact) mass is 300 g/mol. The van der Waals surface area contributed by atoms with E-state index in [4.69, 9.17) is 0 Å². The third-order valence-electron chi connectivity index (χ3n) is 3.73. The summed E-state index contributed by atoms with van der Waals surface area (Å²) < 4.78 is 2.82. The van der Waals surface area contributed by atoms with E-state index in [-0.39, 0.29) is 6.10 Å². The van der Waals surface area contributed by atoms with Gasteiger partial charge >= 0.3 is 0 Å². The molecule has 0 aliphatic heterocycles. The Hall–Kier alpha value is -0.350. The van der Waals surface area contributed by atoms with Gasteiger partial charge < -0.3 is 5.11 Å². The van der Waals surface area contributed by atoms with Gasteiger partial charge in [-0.3, -0.25) is 4.68 Å². The number of aromatic nitrogens is 2. The first-order chi connectivity index (χ1) is 8.22. The van der Waals surface area contributed by atoms with Crippen LogP contribution in [-0.2, 0) is 6.54 Å². The van der Waals surface area contributed by atoms with Crippen LogP contribution in [0.25, 0.3) is 0 Å². The molecule has 1 aromatic heterocycles. The van der Waals surface area contributed by atoms with Gasteiger partial charge in [-0.05, 0) is 35.2 Å². The van der Waals surface area contributed by atoms with Crippen molar-refractivity contribution in [2.45, 2.75) is 58.1 Å². The van der Waals surface area contributed by atoms with Gasteiger partial charge in [0.2, 0.25) is 0 Å². The van der Waals surface area contributed by atoms with E-state index in [1.165, 1.54) is 32.1 Å². The minimum Gasteiger partial charge on any atom is -0.387 e. The van der Waals surface area contributed by atoms with E-state index in [1.54, 1.807) is 6.20 Å². The zero-order chi connectivity index (χ0) is 12.3. The Morgan fingerprint density at radius 3 is 2.82 bits per heavy atom. The fourth-order valence-electron chi connectivity index (χ4n) is 2.81. The summed E-state index contributed by atoms with van der Waals surface area (Å²) in [5.74, 6) is 0.686. The quantitative estimate of drug-likeness (QED) is 0.921. The second-order valence-corrected chi connectivity index (χ2v) is 5.80. The maximum atomic E-state index is 10.4.